The molecule has 2 unspecified atom stereocenters. The van der Waals surface area contributed by atoms with Crippen LogP contribution in [-0.4, -0.2) is 44.7 Å². The summed E-state index contributed by atoms with van der Waals surface area (Å²) in [4.78, 5) is 26.8. The van der Waals surface area contributed by atoms with Crippen LogP contribution >= 0.6 is 0 Å². The SMILES string of the molecule is CCCCNC(=O)C1CC1C(=O)Nc1ccccc1N1CCOCC1. The Morgan fingerprint density at radius 2 is 1.88 bits per heavy atom. The van der Waals surface area contributed by atoms with Crippen molar-refractivity contribution in [1.29, 1.82) is 0 Å². The highest BCUT2D eigenvalue weighted by atomic mass is 16.5. The van der Waals surface area contributed by atoms with E-state index in [1.54, 1.807) is 0 Å². The van der Waals surface area contributed by atoms with E-state index in [0.717, 1.165) is 37.3 Å². The van der Waals surface area contributed by atoms with Crippen molar-refractivity contribution >= 4 is 23.2 Å². The van der Waals surface area contributed by atoms with Gasteiger partial charge in [-0.15, -0.1) is 0 Å². The Labute approximate surface area is 148 Å². The van der Waals surface area contributed by atoms with E-state index in [9.17, 15) is 9.59 Å². The van der Waals surface area contributed by atoms with Crippen LogP contribution < -0.4 is 15.5 Å². The van der Waals surface area contributed by atoms with Crippen molar-refractivity contribution in [1.82, 2.24) is 5.32 Å². The number of para-hydroxylation sites is 2. The van der Waals surface area contributed by atoms with Crippen LogP contribution in [-0.2, 0) is 14.3 Å². The Hall–Kier alpha value is -2.08. The minimum absolute atomic E-state index is 0.00932. The Bertz CT molecular complexity index is 614. The molecule has 25 heavy (non-hydrogen) atoms. The number of carbonyl (C=O) groups excluding carboxylic acids is 2. The predicted molar refractivity (Wildman–Crippen MR) is 97.6 cm³/mol. The first kappa shape index (κ1) is 17.7. The van der Waals surface area contributed by atoms with Crippen molar-refractivity contribution in [3.05, 3.63) is 24.3 Å². The van der Waals surface area contributed by atoms with Gasteiger partial charge in [-0.3, -0.25) is 9.59 Å². The lowest BCUT2D eigenvalue weighted by molar-refractivity contribution is -0.125. The first-order chi connectivity index (χ1) is 12.2. The van der Waals surface area contributed by atoms with Crippen molar-refractivity contribution in [2.75, 3.05) is 43.1 Å². The van der Waals surface area contributed by atoms with Crippen molar-refractivity contribution in [3.63, 3.8) is 0 Å². The highest BCUT2D eigenvalue weighted by Gasteiger charge is 2.48. The van der Waals surface area contributed by atoms with Gasteiger partial charge >= 0.3 is 0 Å². The number of anilines is 2. The normalized spacial score (nSPS) is 22.4. The molecule has 1 saturated heterocycles. The van der Waals surface area contributed by atoms with E-state index < -0.39 is 0 Å². The molecule has 2 N–H and O–H groups in total. The van der Waals surface area contributed by atoms with E-state index in [0.29, 0.717) is 26.2 Å². The van der Waals surface area contributed by atoms with E-state index in [1.807, 2.05) is 24.3 Å². The highest BCUT2D eigenvalue weighted by molar-refractivity contribution is 6.01. The molecule has 2 amide bonds. The molecule has 136 valence electrons. The molecule has 0 bridgehead atoms. The third-order valence-electron chi connectivity index (χ3n) is 4.81. The van der Waals surface area contributed by atoms with Gasteiger partial charge in [0.25, 0.3) is 0 Å². The lowest BCUT2D eigenvalue weighted by Crippen LogP contribution is -2.36. The van der Waals surface area contributed by atoms with Crippen LogP contribution in [0.4, 0.5) is 11.4 Å². The average Bonchev–Trinajstić information content (AvgIpc) is 3.44. The van der Waals surface area contributed by atoms with Crippen molar-refractivity contribution < 1.29 is 14.3 Å². The topological polar surface area (TPSA) is 70.7 Å². The van der Waals surface area contributed by atoms with E-state index in [-0.39, 0.29) is 23.7 Å². The zero-order valence-electron chi connectivity index (χ0n) is 14.8. The molecule has 6 nitrogen and oxygen atoms in total. The number of hydrogen-bond acceptors (Lipinski definition) is 4. The van der Waals surface area contributed by atoms with Gasteiger partial charge in [0, 0.05) is 19.6 Å². The summed E-state index contributed by atoms with van der Waals surface area (Å²) in [6.45, 7) is 5.82. The Morgan fingerprint density at radius 3 is 2.64 bits per heavy atom. The van der Waals surface area contributed by atoms with Gasteiger partial charge in [-0.05, 0) is 25.0 Å². The van der Waals surface area contributed by atoms with Gasteiger partial charge in [-0.25, -0.2) is 0 Å². The van der Waals surface area contributed by atoms with E-state index in [4.69, 9.17) is 4.74 Å². The zero-order valence-corrected chi connectivity index (χ0v) is 14.8. The number of morpholine rings is 1. The molecule has 0 aromatic heterocycles. The second-order valence-corrected chi connectivity index (χ2v) is 6.70. The second kappa shape index (κ2) is 8.34. The van der Waals surface area contributed by atoms with Crippen LogP contribution in [0.3, 0.4) is 0 Å². The van der Waals surface area contributed by atoms with E-state index in [1.165, 1.54) is 0 Å². The number of ether oxygens (including phenoxy) is 1. The number of amides is 2. The number of unbranched alkanes of at least 4 members (excludes halogenated alkanes) is 1. The largest absolute Gasteiger partial charge is 0.378 e. The fourth-order valence-corrected chi connectivity index (χ4v) is 3.18. The molecular formula is C19H27N3O3. The summed E-state index contributed by atoms with van der Waals surface area (Å²) in [7, 11) is 0. The Morgan fingerprint density at radius 1 is 1.16 bits per heavy atom. The van der Waals surface area contributed by atoms with Crippen LogP contribution in [0.15, 0.2) is 24.3 Å². The number of rotatable bonds is 7. The first-order valence-electron chi connectivity index (χ1n) is 9.21. The monoisotopic (exact) mass is 345 g/mol. The zero-order chi connectivity index (χ0) is 17.6. The summed E-state index contributed by atoms with van der Waals surface area (Å²) < 4.78 is 5.40. The molecule has 0 spiro atoms. The molecule has 1 saturated carbocycles. The summed E-state index contributed by atoms with van der Waals surface area (Å²) >= 11 is 0. The van der Waals surface area contributed by atoms with Crippen molar-refractivity contribution in [3.8, 4) is 0 Å². The summed E-state index contributed by atoms with van der Waals surface area (Å²) in [5, 5.41) is 5.94. The molecule has 2 fully saturated rings. The van der Waals surface area contributed by atoms with Gasteiger partial charge in [0.1, 0.15) is 0 Å². The quantitative estimate of drug-likeness (QED) is 0.742. The van der Waals surface area contributed by atoms with Crippen molar-refractivity contribution in [2.45, 2.75) is 26.2 Å². The molecule has 1 aromatic carbocycles. The third kappa shape index (κ3) is 4.51. The minimum atomic E-state index is -0.209. The van der Waals surface area contributed by atoms with Crippen LogP contribution in [0.25, 0.3) is 0 Å². The van der Waals surface area contributed by atoms with Gasteiger partial charge in [-0.1, -0.05) is 25.5 Å². The standard InChI is InChI=1S/C19H27N3O3/c1-2-3-8-20-18(23)14-13-15(14)19(24)21-16-6-4-5-7-17(16)22-9-11-25-12-10-22/h4-7,14-15H,2-3,8-13H2,1H3,(H,20,23)(H,21,24). The third-order valence-corrected chi connectivity index (χ3v) is 4.81. The molecule has 1 aliphatic carbocycles. The number of nitrogens with one attached hydrogen (secondary N) is 2. The molecule has 1 aromatic rings. The van der Waals surface area contributed by atoms with Crippen LogP contribution in [0.1, 0.15) is 26.2 Å². The van der Waals surface area contributed by atoms with Crippen LogP contribution in [0.5, 0.6) is 0 Å². The minimum Gasteiger partial charge on any atom is -0.378 e. The molecule has 2 atom stereocenters. The molecule has 6 heteroatoms. The molecule has 1 aliphatic heterocycles. The number of carbonyl (C=O) groups is 2. The summed E-state index contributed by atoms with van der Waals surface area (Å²) in [5.41, 5.74) is 1.83. The second-order valence-electron chi connectivity index (χ2n) is 6.70. The maximum atomic E-state index is 12.5. The van der Waals surface area contributed by atoms with Crippen LogP contribution in [0, 0.1) is 11.8 Å². The summed E-state index contributed by atoms with van der Waals surface area (Å²) in [5.74, 6) is -0.432. The predicted octanol–water partition coefficient (Wildman–Crippen LogP) is 2.01. The van der Waals surface area contributed by atoms with E-state index in [2.05, 4.69) is 22.5 Å². The smallest absolute Gasteiger partial charge is 0.228 e. The number of nitrogens with zero attached hydrogens (tertiary/aromatic N) is 1. The molecule has 3 rings (SSSR count). The van der Waals surface area contributed by atoms with Crippen molar-refractivity contribution in [2.24, 2.45) is 11.8 Å². The van der Waals surface area contributed by atoms with E-state index >= 15 is 0 Å². The summed E-state index contributed by atoms with van der Waals surface area (Å²) in [6.07, 6.45) is 2.67. The molecular weight excluding hydrogens is 318 g/mol. The Balaban J connectivity index is 1.56. The van der Waals surface area contributed by atoms with Gasteiger partial charge < -0.3 is 20.3 Å². The molecule has 1 heterocycles. The van der Waals surface area contributed by atoms with Crippen LogP contribution in [0.2, 0.25) is 0 Å². The molecule has 2 aliphatic rings. The maximum absolute atomic E-state index is 12.5. The van der Waals surface area contributed by atoms with Gasteiger partial charge in [-0.2, -0.15) is 0 Å². The maximum Gasteiger partial charge on any atom is 0.228 e. The van der Waals surface area contributed by atoms with Gasteiger partial charge in [0.2, 0.25) is 11.8 Å². The number of benzene rings is 1. The highest BCUT2D eigenvalue weighted by Crippen LogP contribution is 2.40. The lowest BCUT2D eigenvalue weighted by atomic mass is 10.2. The first-order valence-corrected chi connectivity index (χ1v) is 9.21. The summed E-state index contributed by atoms with van der Waals surface area (Å²) in [6, 6.07) is 7.83. The lowest BCUT2D eigenvalue weighted by Gasteiger charge is -2.30. The van der Waals surface area contributed by atoms with Gasteiger partial charge in [0.15, 0.2) is 0 Å². The number of hydrogen-bond donors (Lipinski definition) is 2. The average molecular weight is 345 g/mol. The van der Waals surface area contributed by atoms with Gasteiger partial charge in [0.05, 0.1) is 36.4 Å². The molecule has 0 radical (unpaired) electrons. The Kier molecular flexibility index (Phi) is 5.91. The fourth-order valence-electron chi connectivity index (χ4n) is 3.18. The fraction of sp³-hybridized carbons (Fsp3) is 0.579.